The van der Waals surface area contributed by atoms with Crippen LogP contribution in [-0.2, 0) is 0 Å². The van der Waals surface area contributed by atoms with Gasteiger partial charge in [-0.1, -0.05) is 6.07 Å². The van der Waals surface area contributed by atoms with Gasteiger partial charge in [-0.05, 0) is 76.0 Å². The number of hydrogen-bond acceptors (Lipinski definition) is 6. The number of aromatic nitrogens is 4. The fourth-order valence-electron chi connectivity index (χ4n) is 4.21. The summed E-state index contributed by atoms with van der Waals surface area (Å²) < 4.78 is 15.5. The highest BCUT2D eigenvalue weighted by atomic mass is 19.1. The number of aryl methyl sites for hydroxylation is 1. The quantitative estimate of drug-likeness (QED) is 0.362. The van der Waals surface area contributed by atoms with Crippen molar-refractivity contribution < 1.29 is 9.18 Å². The molecule has 5 aromatic rings. The summed E-state index contributed by atoms with van der Waals surface area (Å²) >= 11 is 0. The van der Waals surface area contributed by atoms with Crippen molar-refractivity contribution in [3.63, 3.8) is 0 Å². The molecule has 9 heteroatoms. The number of amides is 1. The van der Waals surface area contributed by atoms with Crippen LogP contribution in [0.25, 0.3) is 39.1 Å². The van der Waals surface area contributed by atoms with Crippen LogP contribution in [0.5, 0.6) is 0 Å². The second kappa shape index (κ2) is 9.59. The standard InChI is InChI=1S/C28H28FN7O/c1-16-11-12-31-22-10-7-19(13-21(16)22)25-24(18-5-8-20(29)9-6-18)34-26(30)27-33-23(15-36(25)27)28(37)32-14-17(2)35(3)4/h5-13,15,17H,14H2,1-4H3,(H2,30,34)(H,32,37). The first-order valence-electron chi connectivity index (χ1n) is 12.0. The fourth-order valence-corrected chi connectivity index (χ4v) is 4.21. The fraction of sp³-hybridized carbons (Fsp3) is 0.214. The number of carbonyl (C=O) groups excluding carboxylic acids is 1. The van der Waals surface area contributed by atoms with Crippen LogP contribution in [0.3, 0.4) is 0 Å². The Bertz CT molecular complexity index is 1630. The summed E-state index contributed by atoms with van der Waals surface area (Å²) in [5.41, 5.74) is 11.7. The number of nitrogen functional groups attached to an aromatic ring is 1. The number of pyridine rings is 1. The Kier molecular flexibility index (Phi) is 6.31. The molecule has 0 bridgehead atoms. The van der Waals surface area contributed by atoms with E-state index in [1.807, 2.05) is 57.1 Å². The third-order valence-corrected chi connectivity index (χ3v) is 6.66. The number of fused-ring (bicyclic) bond motifs is 2. The van der Waals surface area contributed by atoms with Gasteiger partial charge in [0.2, 0.25) is 0 Å². The number of anilines is 1. The number of hydrogen-bond donors (Lipinski definition) is 2. The van der Waals surface area contributed by atoms with Crippen LogP contribution in [0.4, 0.5) is 10.2 Å². The highest BCUT2D eigenvalue weighted by molar-refractivity contribution is 5.95. The van der Waals surface area contributed by atoms with Gasteiger partial charge in [0.15, 0.2) is 11.5 Å². The molecular weight excluding hydrogens is 469 g/mol. The zero-order valence-electron chi connectivity index (χ0n) is 21.2. The van der Waals surface area contributed by atoms with Crippen LogP contribution in [-0.4, -0.2) is 56.8 Å². The largest absolute Gasteiger partial charge is 0.381 e. The summed E-state index contributed by atoms with van der Waals surface area (Å²) in [6.45, 7) is 4.52. The summed E-state index contributed by atoms with van der Waals surface area (Å²) in [7, 11) is 3.91. The predicted octanol–water partition coefficient (Wildman–Crippen LogP) is 4.32. The van der Waals surface area contributed by atoms with Crippen LogP contribution in [0, 0.1) is 12.7 Å². The van der Waals surface area contributed by atoms with Crippen LogP contribution >= 0.6 is 0 Å². The van der Waals surface area contributed by atoms with Crippen molar-refractivity contribution in [3.8, 4) is 22.5 Å². The summed E-state index contributed by atoms with van der Waals surface area (Å²) in [4.78, 5) is 28.7. The number of imidazole rings is 1. The second-order valence-corrected chi connectivity index (χ2v) is 9.40. The zero-order chi connectivity index (χ0) is 26.3. The lowest BCUT2D eigenvalue weighted by molar-refractivity contribution is 0.0939. The van der Waals surface area contributed by atoms with E-state index in [0.29, 0.717) is 29.1 Å². The molecule has 0 aliphatic rings. The third-order valence-electron chi connectivity index (χ3n) is 6.66. The van der Waals surface area contributed by atoms with Crippen molar-refractivity contribution in [1.29, 1.82) is 0 Å². The number of nitrogens with one attached hydrogen (secondary N) is 1. The van der Waals surface area contributed by atoms with Gasteiger partial charge in [-0.25, -0.2) is 14.4 Å². The maximum Gasteiger partial charge on any atom is 0.271 e. The third kappa shape index (κ3) is 4.61. The number of carbonyl (C=O) groups is 1. The highest BCUT2D eigenvalue weighted by Gasteiger charge is 2.21. The normalized spacial score (nSPS) is 12.4. The molecule has 2 aromatic carbocycles. The first kappa shape index (κ1) is 24.3. The maximum absolute atomic E-state index is 13.7. The minimum absolute atomic E-state index is 0.155. The summed E-state index contributed by atoms with van der Waals surface area (Å²) in [5, 5.41) is 3.93. The SMILES string of the molecule is Cc1ccnc2ccc(-c3c(-c4ccc(F)cc4)nc(N)c4nc(C(=O)NCC(C)N(C)C)cn34)cc12. The summed E-state index contributed by atoms with van der Waals surface area (Å²) in [6.07, 6.45) is 3.45. The number of likely N-dealkylation sites (N-methyl/N-ethyl adjacent to an activating group) is 1. The van der Waals surface area contributed by atoms with Gasteiger partial charge in [0.1, 0.15) is 11.5 Å². The van der Waals surface area contributed by atoms with Crippen molar-refractivity contribution in [3.05, 3.63) is 78.0 Å². The number of benzene rings is 2. The Morgan fingerprint density at radius 1 is 1.11 bits per heavy atom. The number of nitrogens with two attached hydrogens (primary N) is 1. The van der Waals surface area contributed by atoms with Crippen molar-refractivity contribution in [1.82, 2.24) is 29.6 Å². The second-order valence-electron chi connectivity index (χ2n) is 9.40. The van der Waals surface area contributed by atoms with E-state index in [-0.39, 0.29) is 29.3 Å². The summed E-state index contributed by atoms with van der Waals surface area (Å²) in [5.74, 6) is -0.479. The highest BCUT2D eigenvalue weighted by Crippen LogP contribution is 2.35. The molecule has 188 valence electrons. The molecule has 37 heavy (non-hydrogen) atoms. The Morgan fingerprint density at radius 3 is 2.57 bits per heavy atom. The minimum atomic E-state index is -0.347. The van der Waals surface area contributed by atoms with Crippen LogP contribution < -0.4 is 11.1 Å². The van der Waals surface area contributed by atoms with Crippen molar-refractivity contribution in [2.75, 3.05) is 26.4 Å². The summed E-state index contributed by atoms with van der Waals surface area (Å²) in [6, 6.07) is 14.1. The average Bonchev–Trinajstić information content (AvgIpc) is 3.34. The van der Waals surface area contributed by atoms with E-state index in [1.54, 1.807) is 28.9 Å². The molecule has 1 unspecified atom stereocenters. The minimum Gasteiger partial charge on any atom is -0.381 e. The molecule has 1 amide bonds. The number of halogens is 1. The van der Waals surface area contributed by atoms with Gasteiger partial charge in [-0.15, -0.1) is 0 Å². The molecule has 8 nitrogen and oxygen atoms in total. The molecule has 0 radical (unpaired) electrons. The lowest BCUT2D eigenvalue weighted by Crippen LogP contribution is -2.38. The first-order valence-corrected chi connectivity index (χ1v) is 12.0. The molecular formula is C28H28FN7O. The van der Waals surface area contributed by atoms with Gasteiger partial charge in [-0.2, -0.15) is 0 Å². The molecule has 0 aliphatic heterocycles. The van der Waals surface area contributed by atoms with Gasteiger partial charge in [-0.3, -0.25) is 14.2 Å². The molecule has 0 saturated heterocycles. The molecule has 3 heterocycles. The molecule has 0 spiro atoms. The smallest absolute Gasteiger partial charge is 0.271 e. The molecule has 0 aliphatic carbocycles. The van der Waals surface area contributed by atoms with Gasteiger partial charge < -0.3 is 16.0 Å². The van der Waals surface area contributed by atoms with Crippen molar-refractivity contribution in [2.24, 2.45) is 0 Å². The van der Waals surface area contributed by atoms with E-state index in [1.165, 1.54) is 12.1 Å². The average molecular weight is 498 g/mol. The van der Waals surface area contributed by atoms with Gasteiger partial charge in [0.05, 0.1) is 16.9 Å². The lowest BCUT2D eigenvalue weighted by Gasteiger charge is -2.19. The topological polar surface area (TPSA) is 101 Å². The van der Waals surface area contributed by atoms with Crippen LogP contribution in [0.15, 0.2) is 60.9 Å². The van der Waals surface area contributed by atoms with E-state index in [2.05, 4.69) is 20.3 Å². The Labute approximate surface area is 214 Å². The predicted molar refractivity (Wildman–Crippen MR) is 144 cm³/mol. The van der Waals surface area contributed by atoms with E-state index in [4.69, 9.17) is 5.73 Å². The van der Waals surface area contributed by atoms with Gasteiger partial charge >= 0.3 is 0 Å². The zero-order valence-corrected chi connectivity index (χ0v) is 21.2. The van der Waals surface area contributed by atoms with Crippen molar-refractivity contribution >= 4 is 28.3 Å². The molecule has 3 N–H and O–H groups in total. The Balaban J connectivity index is 1.71. The number of nitrogens with zero attached hydrogens (tertiary/aromatic N) is 5. The van der Waals surface area contributed by atoms with E-state index in [9.17, 15) is 9.18 Å². The number of rotatable bonds is 6. The molecule has 1 atom stereocenters. The monoisotopic (exact) mass is 497 g/mol. The molecule has 3 aromatic heterocycles. The molecule has 0 fully saturated rings. The van der Waals surface area contributed by atoms with Crippen LogP contribution in [0.2, 0.25) is 0 Å². The van der Waals surface area contributed by atoms with E-state index in [0.717, 1.165) is 22.0 Å². The lowest BCUT2D eigenvalue weighted by atomic mass is 10.0. The van der Waals surface area contributed by atoms with Gasteiger partial charge in [0, 0.05) is 41.5 Å². The van der Waals surface area contributed by atoms with Gasteiger partial charge in [0.25, 0.3) is 5.91 Å². The Hall–Kier alpha value is -4.37. The van der Waals surface area contributed by atoms with Crippen LogP contribution in [0.1, 0.15) is 23.0 Å². The molecule has 0 saturated carbocycles. The van der Waals surface area contributed by atoms with Crippen molar-refractivity contribution in [2.45, 2.75) is 19.9 Å². The first-order chi connectivity index (χ1) is 17.7. The van der Waals surface area contributed by atoms with E-state index >= 15 is 0 Å². The van der Waals surface area contributed by atoms with E-state index < -0.39 is 0 Å². The Morgan fingerprint density at radius 2 is 1.84 bits per heavy atom. The maximum atomic E-state index is 13.7. The molecule has 5 rings (SSSR count).